The molecule has 16 nitrogen and oxygen atoms in total. The van der Waals surface area contributed by atoms with Gasteiger partial charge in [-0.05, 0) is 72.2 Å². The number of nitrogens with one attached hydrogen (secondary N) is 4. The van der Waals surface area contributed by atoms with Gasteiger partial charge < -0.3 is 40.2 Å². The van der Waals surface area contributed by atoms with Crippen molar-refractivity contribution in [1.29, 1.82) is 0 Å². The van der Waals surface area contributed by atoms with Crippen LogP contribution >= 0.6 is 0 Å². The van der Waals surface area contributed by atoms with Gasteiger partial charge >= 0.3 is 12.2 Å². The van der Waals surface area contributed by atoms with Crippen LogP contribution in [0.1, 0.15) is 60.8 Å². The fraction of sp³-hybridized carbons (Fsp3) is 0.289. The van der Waals surface area contributed by atoms with Gasteiger partial charge in [-0.1, -0.05) is 60.7 Å². The summed E-state index contributed by atoms with van der Waals surface area (Å²) in [5, 5.41) is 14.6. The summed E-state index contributed by atoms with van der Waals surface area (Å²) < 4.78 is 4.82. The van der Waals surface area contributed by atoms with Crippen LogP contribution in [0.5, 0.6) is 0 Å². The van der Waals surface area contributed by atoms with E-state index in [1.165, 1.54) is 7.11 Å². The molecule has 5 N–H and O–H groups in total. The van der Waals surface area contributed by atoms with Crippen LogP contribution in [0.15, 0.2) is 110 Å². The van der Waals surface area contributed by atoms with Crippen molar-refractivity contribution in [3.05, 3.63) is 133 Å². The minimum Gasteiger partial charge on any atom is -0.465 e. The second-order valence-corrected chi connectivity index (χ2v) is 15.1. The highest BCUT2D eigenvalue weighted by molar-refractivity contribution is 5.87. The average Bonchev–Trinajstić information content (AvgIpc) is 4.14. The quantitative estimate of drug-likeness (QED) is 0.0904. The SMILES string of the molecule is COC(=O)N[C@@H](Cc1ccccn1)C(=O)N1CCCC1c1ncc(-c2ccc(-c3ccc(-c4cnc([C@@H]5CCCN5C(=O)[C@H](Cc5ccccn5)NC(=O)O)[nH]4)cc3)cc2)[nH]1. The molecule has 2 saturated heterocycles. The lowest BCUT2D eigenvalue weighted by atomic mass is 10.0. The molecule has 0 bridgehead atoms. The Morgan fingerprint density at radius 2 is 1.10 bits per heavy atom. The van der Waals surface area contributed by atoms with Crippen molar-refractivity contribution in [2.45, 2.75) is 62.7 Å². The molecule has 2 aliphatic heterocycles. The van der Waals surface area contributed by atoms with Crippen molar-refractivity contribution in [1.82, 2.24) is 50.3 Å². The Kier molecular flexibility index (Phi) is 12.1. The Morgan fingerprint density at radius 1 is 0.656 bits per heavy atom. The lowest BCUT2D eigenvalue weighted by Crippen LogP contribution is -2.49. The molecule has 2 aromatic carbocycles. The normalized spacial score (nSPS) is 17.1. The van der Waals surface area contributed by atoms with E-state index in [1.54, 1.807) is 52.8 Å². The average molecular weight is 823 g/mol. The summed E-state index contributed by atoms with van der Waals surface area (Å²) in [7, 11) is 1.27. The van der Waals surface area contributed by atoms with Gasteiger partial charge in [0, 0.05) is 49.7 Å². The fourth-order valence-corrected chi connectivity index (χ4v) is 8.23. The maximum absolute atomic E-state index is 13.9. The number of methoxy groups -OCH3 is 1. The van der Waals surface area contributed by atoms with Gasteiger partial charge in [-0.25, -0.2) is 19.6 Å². The highest BCUT2D eigenvalue weighted by Crippen LogP contribution is 2.35. The molecular weight excluding hydrogens is 777 g/mol. The van der Waals surface area contributed by atoms with Crippen LogP contribution in [-0.4, -0.2) is 101 Å². The van der Waals surface area contributed by atoms with E-state index in [9.17, 15) is 24.3 Å². The van der Waals surface area contributed by atoms with Crippen molar-refractivity contribution in [2.24, 2.45) is 0 Å². The number of pyridine rings is 2. The third-order valence-electron chi connectivity index (χ3n) is 11.3. The monoisotopic (exact) mass is 822 g/mol. The molecule has 312 valence electrons. The van der Waals surface area contributed by atoms with E-state index in [4.69, 9.17) is 9.72 Å². The number of hydrogen-bond donors (Lipinski definition) is 5. The van der Waals surface area contributed by atoms with E-state index in [0.29, 0.717) is 42.5 Å². The number of ether oxygens (including phenoxy) is 1. The number of aromatic amines is 2. The van der Waals surface area contributed by atoms with Crippen molar-refractivity contribution in [2.75, 3.05) is 20.2 Å². The number of nitrogens with zero attached hydrogens (tertiary/aromatic N) is 6. The van der Waals surface area contributed by atoms with E-state index in [0.717, 1.165) is 52.9 Å². The standard InChI is InChI=1S/C45H46N10O6/c1-61-45(60)53-35(25-33-9-3-5-21-47-33)43(57)55-23-7-11-39(55)41-49-27-37(51-41)31-18-14-29(15-19-31)28-12-16-30(17-13-28)36-26-48-40(50-36)38-10-6-22-54(38)42(56)34(52-44(58)59)24-32-8-2-4-20-46-32/h2-5,8-9,12-21,26-27,34-35,38-39,52H,6-7,10-11,22-25H2,1H3,(H,48,50)(H,49,51)(H,53,60)(H,58,59)/t34-,35-,38-,39?/m0/s1. The smallest absolute Gasteiger partial charge is 0.407 e. The van der Waals surface area contributed by atoms with Gasteiger partial charge in [-0.15, -0.1) is 0 Å². The molecule has 2 aliphatic rings. The summed E-state index contributed by atoms with van der Waals surface area (Å²) in [5.74, 6) is 0.818. The molecule has 8 rings (SSSR count). The topological polar surface area (TPSA) is 211 Å². The third-order valence-corrected chi connectivity index (χ3v) is 11.3. The molecule has 0 spiro atoms. The van der Waals surface area contributed by atoms with E-state index >= 15 is 0 Å². The number of benzene rings is 2. The Hall–Kier alpha value is -7.36. The van der Waals surface area contributed by atoms with Gasteiger partial charge in [0.2, 0.25) is 11.8 Å². The zero-order valence-corrected chi connectivity index (χ0v) is 33.5. The predicted octanol–water partition coefficient (Wildman–Crippen LogP) is 6.10. The molecule has 4 amide bonds. The van der Waals surface area contributed by atoms with Crippen molar-refractivity contribution >= 4 is 24.0 Å². The van der Waals surface area contributed by atoms with Crippen molar-refractivity contribution in [3.63, 3.8) is 0 Å². The summed E-state index contributed by atoms with van der Waals surface area (Å²) in [6, 6.07) is 24.7. The Balaban J connectivity index is 0.913. The number of H-pyrrole nitrogens is 2. The van der Waals surface area contributed by atoms with Crippen molar-refractivity contribution in [3.8, 4) is 33.6 Å². The zero-order valence-electron chi connectivity index (χ0n) is 33.5. The summed E-state index contributed by atoms with van der Waals surface area (Å²) in [6.07, 6.45) is 8.28. The molecule has 0 saturated carbocycles. The number of amides is 4. The molecule has 6 aromatic rings. The molecule has 4 atom stereocenters. The van der Waals surface area contributed by atoms with Crippen LogP contribution in [0.3, 0.4) is 0 Å². The number of aromatic nitrogens is 6. The Bertz CT molecular complexity index is 2460. The second kappa shape index (κ2) is 18.3. The molecular formula is C45H46N10O6. The van der Waals surface area contributed by atoms with E-state index in [-0.39, 0.29) is 36.7 Å². The molecule has 0 aliphatic carbocycles. The maximum atomic E-state index is 13.9. The van der Waals surface area contributed by atoms with Gasteiger partial charge in [-0.2, -0.15) is 0 Å². The van der Waals surface area contributed by atoms with Crippen LogP contribution in [0.4, 0.5) is 9.59 Å². The van der Waals surface area contributed by atoms with Crippen LogP contribution in [0.2, 0.25) is 0 Å². The first-order valence-electron chi connectivity index (χ1n) is 20.3. The maximum Gasteiger partial charge on any atom is 0.407 e. The van der Waals surface area contributed by atoms with Gasteiger partial charge in [-0.3, -0.25) is 19.6 Å². The first-order chi connectivity index (χ1) is 29.7. The van der Waals surface area contributed by atoms with Crippen LogP contribution in [0.25, 0.3) is 33.6 Å². The minimum atomic E-state index is -1.26. The van der Waals surface area contributed by atoms with Crippen LogP contribution < -0.4 is 10.6 Å². The Labute approximate surface area is 351 Å². The van der Waals surface area contributed by atoms with E-state index < -0.39 is 24.3 Å². The summed E-state index contributed by atoms with van der Waals surface area (Å²) in [6.45, 7) is 1.04. The van der Waals surface area contributed by atoms with Gasteiger partial charge in [0.1, 0.15) is 23.7 Å². The zero-order chi connectivity index (χ0) is 42.3. The molecule has 61 heavy (non-hydrogen) atoms. The predicted molar refractivity (Wildman–Crippen MR) is 225 cm³/mol. The number of rotatable bonds is 13. The second-order valence-electron chi connectivity index (χ2n) is 15.1. The molecule has 2 fully saturated rings. The van der Waals surface area contributed by atoms with Gasteiger partial charge in [0.15, 0.2) is 0 Å². The van der Waals surface area contributed by atoms with Crippen LogP contribution in [0, 0.1) is 0 Å². The summed E-state index contributed by atoms with van der Waals surface area (Å²) in [5.41, 5.74) is 6.88. The largest absolute Gasteiger partial charge is 0.465 e. The van der Waals surface area contributed by atoms with E-state index in [1.807, 2.05) is 54.6 Å². The number of carbonyl (C=O) groups excluding carboxylic acids is 3. The lowest BCUT2D eigenvalue weighted by molar-refractivity contribution is -0.135. The fourth-order valence-electron chi connectivity index (χ4n) is 8.23. The van der Waals surface area contributed by atoms with E-state index in [2.05, 4.69) is 47.7 Å². The molecule has 6 heterocycles. The molecule has 1 unspecified atom stereocenters. The lowest BCUT2D eigenvalue weighted by Gasteiger charge is -2.28. The number of alkyl carbamates (subject to hydrolysis) is 1. The number of carbonyl (C=O) groups is 4. The third kappa shape index (κ3) is 9.28. The van der Waals surface area contributed by atoms with Gasteiger partial charge in [0.05, 0.1) is 43.0 Å². The molecule has 4 aromatic heterocycles. The Morgan fingerprint density at radius 3 is 1.51 bits per heavy atom. The summed E-state index contributed by atoms with van der Waals surface area (Å²) in [4.78, 5) is 79.7. The first kappa shape index (κ1) is 40.4. The number of likely N-dealkylation sites (tertiary alicyclic amines) is 2. The summed E-state index contributed by atoms with van der Waals surface area (Å²) >= 11 is 0. The molecule has 0 radical (unpaired) electrons. The first-order valence-corrected chi connectivity index (χ1v) is 20.3. The molecule has 16 heteroatoms. The number of imidazole rings is 2. The minimum absolute atomic E-state index is 0.148. The highest BCUT2D eigenvalue weighted by atomic mass is 16.5. The van der Waals surface area contributed by atoms with Crippen molar-refractivity contribution < 1.29 is 29.0 Å². The van der Waals surface area contributed by atoms with Gasteiger partial charge in [0.25, 0.3) is 0 Å². The number of carboxylic acid groups (broad SMARTS) is 1. The van der Waals surface area contributed by atoms with Crippen LogP contribution in [-0.2, 0) is 27.2 Å². The highest BCUT2D eigenvalue weighted by Gasteiger charge is 2.38. The number of hydrogen-bond acceptors (Lipinski definition) is 9.